The van der Waals surface area contributed by atoms with Crippen LogP contribution in [0.2, 0.25) is 0 Å². The number of fused-ring (bicyclic) bond motifs is 1. The fourth-order valence-electron chi connectivity index (χ4n) is 2.47. The van der Waals surface area contributed by atoms with Crippen molar-refractivity contribution in [1.29, 1.82) is 0 Å². The molecule has 0 saturated carbocycles. The molecule has 7 heteroatoms. The highest BCUT2D eigenvalue weighted by Crippen LogP contribution is 2.43. The van der Waals surface area contributed by atoms with E-state index in [2.05, 4.69) is 5.48 Å². The third-order valence-corrected chi connectivity index (χ3v) is 6.33. The lowest BCUT2D eigenvalue weighted by Crippen LogP contribution is -2.52. The van der Waals surface area contributed by atoms with E-state index in [0.29, 0.717) is 0 Å². The number of benzene rings is 1. The first-order valence-electron chi connectivity index (χ1n) is 6.27. The predicted molar refractivity (Wildman–Crippen MR) is 77.1 cm³/mol. The van der Waals surface area contributed by atoms with Crippen LogP contribution in [0.5, 0.6) is 0 Å². The molecule has 0 spiro atoms. The van der Waals surface area contributed by atoms with Crippen molar-refractivity contribution in [3.63, 3.8) is 0 Å². The average Bonchev–Trinajstić information content (AvgIpc) is 2.46. The fraction of sp³-hybridized carbons (Fsp3) is 0.214. The van der Waals surface area contributed by atoms with Crippen molar-refractivity contribution >= 4 is 27.3 Å². The number of alkyl halides is 1. The SMILES string of the molecule is O=C1CC2(Cl)C(=CC=CC2S(=O)(=O)c2ccccc2)ON1. The number of nitrogens with one attached hydrogen (secondary N) is 1. The van der Waals surface area contributed by atoms with Gasteiger partial charge in [-0.2, -0.15) is 5.48 Å². The second kappa shape index (κ2) is 4.89. The van der Waals surface area contributed by atoms with Gasteiger partial charge in [-0.15, -0.1) is 11.6 Å². The molecular weight excluding hydrogens is 314 g/mol. The number of sulfone groups is 1. The van der Waals surface area contributed by atoms with Crippen LogP contribution in [0.15, 0.2) is 59.2 Å². The van der Waals surface area contributed by atoms with Gasteiger partial charge in [0.05, 0.1) is 11.3 Å². The molecule has 21 heavy (non-hydrogen) atoms. The number of hydrogen-bond acceptors (Lipinski definition) is 4. The quantitative estimate of drug-likeness (QED) is 0.840. The maximum absolute atomic E-state index is 12.8. The normalized spacial score (nSPS) is 28.1. The first-order valence-corrected chi connectivity index (χ1v) is 8.19. The molecule has 1 fully saturated rings. The van der Waals surface area contributed by atoms with Crippen LogP contribution in [0.3, 0.4) is 0 Å². The summed E-state index contributed by atoms with van der Waals surface area (Å²) in [6.07, 6.45) is 4.45. The summed E-state index contributed by atoms with van der Waals surface area (Å²) in [5.41, 5.74) is 2.20. The largest absolute Gasteiger partial charge is 0.382 e. The van der Waals surface area contributed by atoms with Gasteiger partial charge in [-0.3, -0.25) is 4.79 Å². The van der Waals surface area contributed by atoms with E-state index in [4.69, 9.17) is 16.4 Å². The molecule has 1 amide bonds. The molecule has 1 heterocycles. The number of allylic oxidation sites excluding steroid dienone is 3. The summed E-state index contributed by atoms with van der Waals surface area (Å²) >= 11 is 6.49. The predicted octanol–water partition coefficient (Wildman–Crippen LogP) is 1.71. The molecule has 3 rings (SSSR count). The summed E-state index contributed by atoms with van der Waals surface area (Å²) in [6, 6.07) is 8.02. The monoisotopic (exact) mass is 325 g/mol. The van der Waals surface area contributed by atoms with E-state index in [1.165, 1.54) is 18.2 Å². The Morgan fingerprint density at radius 2 is 2.00 bits per heavy atom. The highest BCUT2D eigenvalue weighted by Gasteiger charge is 2.53. The molecule has 1 aromatic rings. The fourth-order valence-corrected chi connectivity index (χ4v) is 4.94. The first-order chi connectivity index (χ1) is 9.94. The van der Waals surface area contributed by atoms with Crippen molar-refractivity contribution in [3.8, 4) is 0 Å². The number of hydroxylamine groups is 1. The van der Waals surface area contributed by atoms with Crippen molar-refractivity contribution in [1.82, 2.24) is 5.48 Å². The Labute approximate surface area is 127 Å². The molecule has 0 bridgehead atoms. The van der Waals surface area contributed by atoms with Crippen LogP contribution in [0.25, 0.3) is 0 Å². The Hall–Kier alpha value is -1.79. The third-order valence-electron chi connectivity index (χ3n) is 3.49. The van der Waals surface area contributed by atoms with Crippen LogP contribution in [0.4, 0.5) is 0 Å². The van der Waals surface area contributed by atoms with E-state index in [0.717, 1.165) is 0 Å². The van der Waals surface area contributed by atoms with Gasteiger partial charge in [-0.25, -0.2) is 8.42 Å². The lowest BCUT2D eigenvalue weighted by atomic mass is 9.92. The molecule has 1 saturated heterocycles. The first kappa shape index (κ1) is 14.2. The Kier molecular flexibility index (Phi) is 3.30. The second-order valence-corrected chi connectivity index (χ2v) is 7.60. The summed E-state index contributed by atoms with van der Waals surface area (Å²) in [6.45, 7) is 0. The van der Waals surface area contributed by atoms with Gasteiger partial charge in [0.15, 0.2) is 15.6 Å². The third kappa shape index (κ3) is 2.24. The van der Waals surface area contributed by atoms with Gasteiger partial charge >= 0.3 is 0 Å². The number of carbonyl (C=O) groups is 1. The van der Waals surface area contributed by atoms with Gasteiger partial charge in [0.25, 0.3) is 5.91 Å². The van der Waals surface area contributed by atoms with E-state index >= 15 is 0 Å². The van der Waals surface area contributed by atoms with Crippen LogP contribution in [0.1, 0.15) is 6.42 Å². The Morgan fingerprint density at radius 1 is 1.29 bits per heavy atom. The minimum absolute atomic E-state index is 0.159. The van der Waals surface area contributed by atoms with Crippen molar-refractivity contribution in [3.05, 3.63) is 54.3 Å². The summed E-state index contributed by atoms with van der Waals surface area (Å²) in [5, 5.41) is -1.07. The molecule has 1 N–H and O–H groups in total. The standard InChI is InChI=1S/C14H12ClNO4S/c15-14-9-13(17)16-20-11(14)7-4-8-12(14)21(18,19)10-5-2-1-3-6-10/h1-8,12H,9H2,(H,16,17). The molecule has 0 radical (unpaired) electrons. The van der Waals surface area contributed by atoms with Crippen LogP contribution < -0.4 is 5.48 Å². The van der Waals surface area contributed by atoms with E-state index in [9.17, 15) is 13.2 Å². The van der Waals surface area contributed by atoms with Gasteiger partial charge < -0.3 is 4.84 Å². The zero-order valence-electron chi connectivity index (χ0n) is 10.8. The highest BCUT2D eigenvalue weighted by molar-refractivity contribution is 7.92. The Morgan fingerprint density at radius 3 is 2.71 bits per heavy atom. The Balaban J connectivity index is 2.08. The van der Waals surface area contributed by atoms with E-state index < -0.39 is 25.9 Å². The summed E-state index contributed by atoms with van der Waals surface area (Å²) in [5.74, 6) is -0.221. The van der Waals surface area contributed by atoms with E-state index in [1.54, 1.807) is 30.4 Å². The molecule has 2 atom stereocenters. The van der Waals surface area contributed by atoms with Gasteiger partial charge in [-0.1, -0.05) is 30.4 Å². The number of halogens is 1. The van der Waals surface area contributed by atoms with Crippen LogP contribution in [-0.2, 0) is 19.5 Å². The van der Waals surface area contributed by atoms with Gasteiger partial charge in [0.2, 0.25) is 0 Å². The molecule has 5 nitrogen and oxygen atoms in total. The molecule has 0 aromatic heterocycles. The van der Waals surface area contributed by atoms with Crippen molar-refractivity contribution in [2.24, 2.45) is 0 Å². The summed E-state index contributed by atoms with van der Waals surface area (Å²) in [7, 11) is -3.73. The molecule has 1 aromatic carbocycles. The number of rotatable bonds is 2. The molecule has 1 aliphatic heterocycles. The smallest absolute Gasteiger partial charge is 0.254 e. The van der Waals surface area contributed by atoms with Crippen molar-refractivity contribution < 1.29 is 18.0 Å². The minimum Gasteiger partial charge on any atom is -0.382 e. The highest BCUT2D eigenvalue weighted by atomic mass is 35.5. The summed E-state index contributed by atoms with van der Waals surface area (Å²) < 4.78 is 25.6. The van der Waals surface area contributed by atoms with E-state index in [-0.39, 0.29) is 17.1 Å². The molecule has 2 aliphatic rings. The maximum atomic E-state index is 12.8. The number of carbonyl (C=O) groups excluding carboxylic acids is 1. The van der Waals surface area contributed by atoms with Crippen LogP contribution in [0, 0.1) is 0 Å². The van der Waals surface area contributed by atoms with Gasteiger partial charge in [0, 0.05) is 0 Å². The van der Waals surface area contributed by atoms with Crippen molar-refractivity contribution in [2.45, 2.75) is 21.4 Å². The second-order valence-electron chi connectivity index (χ2n) is 4.86. The lowest BCUT2D eigenvalue weighted by molar-refractivity contribution is -0.135. The lowest BCUT2D eigenvalue weighted by Gasteiger charge is -2.38. The van der Waals surface area contributed by atoms with E-state index in [1.807, 2.05) is 0 Å². The zero-order valence-corrected chi connectivity index (χ0v) is 12.4. The average molecular weight is 326 g/mol. The topological polar surface area (TPSA) is 72.5 Å². The molecule has 110 valence electrons. The van der Waals surface area contributed by atoms with Crippen LogP contribution in [-0.4, -0.2) is 24.4 Å². The zero-order chi connectivity index (χ0) is 15.1. The van der Waals surface area contributed by atoms with Crippen molar-refractivity contribution in [2.75, 3.05) is 0 Å². The molecule has 1 aliphatic carbocycles. The molecule has 2 unspecified atom stereocenters. The summed E-state index contributed by atoms with van der Waals surface area (Å²) in [4.78, 5) is 15.4. The van der Waals surface area contributed by atoms with Crippen LogP contribution >= 0.6 is 11.6 Å². The number of amides is 1. The van der Waals surface area contributed by atoms with Gasteiger partial charge in [0.1, 0.15) is 10.1 Å². The Bertz CT molecular complexity index is 741. The number of hydrogen-bond donors (Lipinski definition) is 1. The minimum atomic E-state index is -3.73. The van der Waals surface area contributed by atoms with Gasteiger partial charge in [-0.05, 0) is 18.2 Å². The molecular formula is C14H12ClNO4S. The maximum Gasteiger partial charge on any atom is 0.254 e.